The topological polar surface area (TPSA) is 15.3 Å². The Morgan fingerprint density at radius 3 is 3.08 bits per heavy atom. The van der Waals surface area contributed by atoms with E-state index in [4.69, 9.17) is 0 Å². The van der Waals surface area contributed by atoms with Crippen LogP contribution in [0.1, 0.15) is 20.3 Å². The van der Waals surface area contributed by atoms with E-state index >= 15 is 0 Å². The molecule has 1 fully saturated rings. The van der Waals surface area contributed by atoms with Gasteiger partial charge in [-0.1, -0.05) is 12.8 Å². The Hall–Kier alpha value is -0.520. The van der Waals surface area contributed by atoms with Crippen LogP contribution in [-0.2, 0) is 0 Å². The molecule has 1 heterocycles. The molecule has 0 amide bonds. The molecule has 1 N–H and O–H groups in total. The summed E-state index contributed by atoms with van der Waals surface area (Å²) >= 11 is 0. The molecule has 0 saturated carbocycles. The first-order chi connectivity index (χ1) is 5.88. The third-order valence-electron chi connectivity index (χ3n) is 2.40. The van der Waals surface area contributed by atoms with Gasteiger partial charge >= 0.3 is 0 Å². The molecule has 0 aromatic carbocycles. The molecule has 12 heavy (non-hydrogen) atoms. The maximum absolute atomic E-state index is 3.40. The van der Waals surface area contributed by atoms with E-state index in [0.717, 1.165) is 26.2 Å². The van der Waals surface area contributed by atoms with Crippen LogP contribution in [-0.4, -0.2) is 37.1 Å². The van der Waals surface area contributed by atoms with Crippen molar-refractivity contribution >= 4 is 0 Å². The molecular formula is C10H18N2. The standard InChI is InChI=1S/C10H18N2/c1-3-5-7-12-8-6-11-9-10(12)4-2/h10-11H,4,6-9H2,1-2H3. The molecule has 1 saturated heterocycles. The zero-order valence-corrected chi connectivity index (χ0v) is 8.06. The molecule has 0 aliphatic carbocycles. The minimum Gasteiger partial charge on any atom is -0.314 e. The second kappa shape index (κ2) is 5.18. The van der Waals surface area contributed by atoms with Crippen LogP contribution in [0.3, 0.4) is 0 Å². The summed E-state index contributed by atoms with van der Waals surface area (Å²) in [4.78, 5) is 2.47. The van der Waals surface area contributed by atoms with E-state index in [1.54, 1.807) is 0 Å². The molecule has 0 radical (unpaired) electrons. The van der Waals surface area contributed by atoms with Crippen molar-refractivity contribution in [3.8, 4) is 11.8 Å². The predicted octanol–water partition coefficient (Wildman–Crippen LogP) is 0.694. The van der Waals surface area contributed by atoms with Crippen molar-refractivity contribution in [3.05, 3.63) is 0 Å². The van der Waals surface area contributed by atoms with Crippen molar-refractivity contribution in [2.24, 2.45) is 0 Å². The minimum atomic E-state index is 0.694. The Morgan fingerprint density at radius 1 is 1.58 bits per heavy atom. The van der Waals surface area contributed by atoms with E-state index in [1.165, 1.54) is 6.42 Å². The third-order valence-corrected chi connectivity index (χ3v) is 2.40. The molecule has 68 valence electrons. The van der Waals surface area contributed by atoms with Crippen LogP contribution in [0.5, 0.6) is 0 Å². The van der Waals surface area contributed by atoms with Crippen molar-refractivity contribution in [1.82, 2.24) is 10.2 Å². The summed E-state index contributed by atoms with van der Waals surface area (Å²) in [6.07, 6.45) is 1.22. The Morgan fingerprint density at radius 2 is 2.42 bits per heavy atom. The van der Waals surface area contributed by atoms with Crippen LogP contribution in [0.15, 0.2) is 0 Å². The van der Waals surface area contributed by atoms with Crippen LogP contribution in [0.25, 0.3) is 0 Å². The van der Waals surface area contributed by atoms with Crippen LogP contribution in [0.2, 0.25) is 0 Å². The second-order valence-electron chi connectivity index (χ2n) is 3.16. The van der Waals surface area contributed by atoms with Gasteiger partial charge < -0.3 is 5.32 Å². The smallest absolute Gasteiger partial charge is 0.0604 e. The van der Waals surface area contributed by atoms with Crippen molar-refractivity contribution in [2.75, 3.05) is 26.2 Å². The Bertz CT molecular complexity index is 178. The van der Waals surface area contributed by atoms with Gasteiger partial charge in [0.15, 0.2) is 0 Å². The highest BCUT2D eigenvalue weighted by atomic mass is 15.2. The Labute approximate surface area is 75.3 Å². The molecule has 1 aliphatic rings. The predicted molar refractivity (Wildman–Crippen MR) is 52.0 cm³/mol. The van der Waals surface area contributed by atoms with Gasteiger partial charge in [0.25, 0.3) is 0 Å². The number of piperazine rings is 1. The molecule has 0 bridgehead atoms. The Kier molecular flexibility index (Phi) is 4.13. The number of rotatable bonds is 2. The fourth-order valence-corrected chi connectivity index (χ4v) is 1.59. The van der Waals surface area contributed by atoms with E-state index in [0.29, 0.717) is 6.04 Å². The molecule has 1 aliphatic heterocycles. The molecule has 0 spiro atoms. The summed E-state index contributed by atoms with van der Waals surface area (Å²) in [7, 11) is 0. The van der Waals surface area contributed by atoms with Gasteiger partial charge in [0, 0.05) is 25.7 Å². The highest BCUT2D eigenvalue weighted by Gasteiger charge is 2.18. The average molecular weight is 166 g/mol. The number of nitrogens with zero attached hydrogens (tertiary/aromatic N) is 1. The van der Waals surface area contributed by atoms with Gasteiger partial charge in [-0.05, 0) is 13.3 Å². The summed E-state index contributed by atoms with van der Waals surface area (Å²) in [5, 5.41) is 3.40. The molecule has 1 atom stereocenters. The third kappa shape index (κ3) is 2.51. The van der Waals surface area contributed by atoms with Crippen LogP contribution in [0.4, 0.5) is 0 Å². The number of hydrogen-bond donors (Lipinski definition) is 1. The largest absolute Gasteiger partial charge is 0.314 e. The highest BCUT2D eigenvalue weighted by molar-refractivity contribution is 4.99. The molecular weight excluding hydrogens is 148 g/mol. The zero-order chi connectivity index (χ0) is 8.81. The first-order valence-corrected chi connectivity index (χ1v) is 4.72. The quantitative estimate of drug-likeness (QED) is 0.607. The van der Waals surface area contributed by atoms with Gasteiger partial charge in [0.2, 0.25) is 0 Å². The van der Waals surface area contributed by atoms with E-state index in [1.807, 2.05) is 6.92 Å². The summed E-state index contributed by atoms with van der Waals surface area (Å²) in [5.41, 5.74) is 0. The lowest BCUT2D eigenvalue weighted by molar-refractivity contribution is 0.177. The summed E-state index contributed by atoms with van der Waals surface area (Å²) in [5.74, 6) is 6.08. The molecule has 2 heteroatoms. The fourth-order valence-electron chi connectivity index (χ4n) is 1.59. The lowest BCUT2D eigenvalue weighted by Gasteiger charge is -2.34. The maximum atomic E-state index is 3.40. The van der Waals surface area contributed by atoms with Gasteiger partial charge in [-0.15, -0.1) is 5.92 Å². The SMILES string of the molecule is CC#CCN1CCNCC1CC. The highest BCUT2D eigenvalue weighted by Crippen LogP contribution is 2.05. The maximum Gasteiger partial charge on any atom is 0.0604 e. The lowest BCUT2D eigenvalue weighted by atomic mass is 10.1. The van der Waals surface area contributed by atoms with Crippen molar-refractivity contribution < 1.29 is 0 Å². The lowest BCUT2D eigenvalue weighted by Crippen LogP contribution is -2.50. The van der Waals surface area contributed by atoms with Crippen LogP contribution in [0, 0.1) is 11.8 Å². The van der Waals surface area contributed by atoms with E-state index in [-0.39, 0.29) is 0 Å². The minimum absolute atomic E-state index is 0.694. The second-order valence-corrected chi connectivity index (χ2v) is 3.16. The van der Waals surface area contributed by atoms with Crippen LogP contribution < -0.4 is 5.32 Å². The van der Waals surface area contributed by atoms with Gasteiger partial charge in [-0.2, -0.15) is 0 Å². The monoisotopic (exact) mass is 166 g/mol. The molecule has 0 aromatic heterocycles. The summed E-state index contributed by atoms with van der Waals surface area (Å²) in [6.45, 7) is 8.47. The zero-order valence-electron chi connectivity index (χ0n) is 8.06. The normalized spacial score (nSPS) is 24.7. The summed E-state index contributed by atoms with van der Waals surface area (Å²) in [6, 6.07) is 0.694. The van der Waals surface area contributed by atoms with Crippen LogP contribution >= 0.6 is 0 Å². The van der Waals surface area contributed by atoms with Crippen molar-refractivity contribution in [1.29, 1.82) is 0 Å². The van der Waals surface area contributed by atoms with Crippen molar-refractivity contribution in [3.63, 3.8) is 0 Å². The molecule has 1 rings (SSSR count). The van der Waals surface area contributed by atoms with Gasteiger partial charge in [0.05, 0.1) is 6.54 Å². The molecule has 2 nitrogen and oxygen atoms in total. The fraction of sp³-hybridized carbons (Fsp3) is 0.800. The number of hydrogen-bond acceptors (Lipinski definition) is 2. The van der Waals surface area contributed by atoms with E-state index in [9.17, 15) is 0 Å². The number of nitrogens with one attached hydrogen (secondary N) is 1. The first-order valence-electron chi connectivity index (χ1n) is 4.72. The van der Waals surface area contributed by atoms with Gasteiger partial charge in [0.1, 0.15) is 0 Å². The van der Waals surface area contributed by atoms with Gasteiger partial charge in [-0.3, -0.25) is 4.90 Å². The molecule has 0 aromatic rings. The summed E-state index contributed by atoms with van der Waals surface area (Å²) < 4.78 is 0. The molecule has 1 unspecified atom stereocenters. The van der Waals surface area contributed by atoms with E-state index < -0.39 is 0 Å². The Balaban J connectivity index is 2.39. The first kappa shape index (κ1) is 9.57. The van der Waals surface area contributed by atoms with Gasteiger partial charge in [-0.25, -0.2) is 0 Å². The van der Waals surface area contributed by atoms with Crippen molar-refractivity contribution in [2.45, 2.75) is 26.3 Å². The van der Waals surface area contributed by atoms with E-state index in [2.05, 4.69) is 29.0 Å². The average Bonchev–Trinajstić information content (AvgIpc) is 2.15.